The van der Waals surface area contributed by atoms with Crippen molar-refractivity contribution >= 4 is 0 Å². The van der Waals surface area contributed by atoms with E-state index in [2.05, 4.69) is 55.7 Å². The minimum absolute atomic E-state index is 0.374. The van der Waals surface area contributed by atoms with Gasteiger partial charge in [-0.2, -0.15) is 0 Å². The molecule has 0 amide bonds. The van der Waals surface area contributed by atoms with Crippen molar-refractivity contribution in [1.29, 1.82) is 0 Å². The van der Waals surface area contributed by atoms with E-state index in [1.807, 2.05) is 6.08 Å². The minimum Gasteiger partial charge on any atom is -0.299 e. The highest BCUT2D eigenvalue weighted by atomic mass is 15.1. The number of rotatable bonds is 4. The second-order valence-corrected chi connectivity index (χ2v) is 5.58. The first-order valence-electron chi connectivity index (χ1n) is 7.11. The average molecular weight is 243 g/mol. The van der Waals surface area contributed by atoms with Gasteiger partial charge in [-0.3, -0.25) is 4.90 Å². The first-order valence-corrected chi connectivity index (χ1v) is 7.11. The molecule has 0 saturated carbocycles. The van der Waals surface area contributed by atoms with Crippen LogP contribution in [0.15, 0.2) is 43.0 Å². The van der Waals surface area contributed by atoms with E-state index in [0.29, 0.717) is 11.3 Å². The molecule has 1 aromatic rings. The van der Waals surface area contributed by atoms with Crippen molar-refractivity contribution in [3.8, 4) is 0 Å². The van der Waals surface area contributed by atoms with Crippen LogP contribution in [0.2, 0.25) is 0 Å². The van der Waals surface area contributed by atoms with Crippen molar-refractivity contribution in [3.05, 3.63) is 48.6 Å². The molecular weight excluding hydrogens is 218 g/mol. The number of benzene rings is 1. The highest BCUT2D eigenvalue weighted by molar-refractivity contribution is 5.27. The summed E-state index contributed by atoms with van der Waals surface area (Å²) in [5.74, 6) is 0.707. The summed E-state index contributed by atoms with van der Waals surface area (Å²) in [5.41, 5.74) is 1.90. The highest BCUT2D eigenvalue weighted by Gasteiger charge is 2.39. The molecule has 1 aliphatic rings. The summed E-state index contributed by atoms with van der Waals surface area (Å²) in [6.07, 6.45) is 4.52. The van der Waals surface area contributed by atoms with E-state index in [0.717, 1.165) is 6.54 Å². The van der Waals surface area contributed by atoms with Gasteiger partial charge in [0.15, 0.2) is 0 Å². The number of hydrogen-bond acceptors (Lipinski definition) is 1. The second kappa shape index (κ2) is 5.71. The lowest BCUT2D eigenvalue weighted by atomic mass is 9.65. The summed E-state index contributed by atoms with van der Waals surface area (Å²) < 4.78 is 0. The van der Waals surface area contributed by atoms with Crippen LogP contribution in [0.3, 0.4) is 0 Å². The average Bonchev–Trinajstić information content (AvgIpc) is 2.41. The molecule has 0 aliphatic carbocycles. The van der Waals surface area contributed by atoms with Crippen LogP contribution >= 0.6 is 0 Å². The van der Waals surface area contributed by atoms with Gasteiger partial charge < -0.3 is 0 Å². The molecule has 1 heteroatoms. The zero-order valence-corrected chi connectivity index (χ0v) is 11.7. The molecule has 0 aromatic heterocycles. The van der Waals surface area contributed by atoms with Crippen LogP contribution in [-0.2, 0) is 5.41 Å². The maximum Gasteiger partial charge on any atom is 0.0160 e. The molecule has 18 heavy (non-hydrogen) atoms. The third kappa shape index (κ3) is 2.37. The van der Waals surface area contributed by atoms with Crippen LogP contribution in [0.1, 0.15) is 32.3 Å². The Balaban J connectivity index is 2.22. The molecule has 1 aromatic carbocycles. The monoisotopic (exact) mass is 243 g/mol. The van der Waals surface area contributed by atoms with Crippen molar-refractivity contribution in [1.82, 2.24) is 4.90 Å². The number of likely N-dealkylation sites (tertiary alicyclic amines) is 1. The maximum atomic E-state index is 3.85. The molecule has 0 bridgehead atoms. The van der Waals surface area contributed by atoms with Crippen LogP contribution in [0.5, 0.6) is 0 Å². The lowest BCUT2D eigenvalue weighted by Crippen LogP contribution is -2.48. The standard InChI is InChI=1S/C17H25N/c1-4-12-18-13-11-17(5-2,15(3)14-18)16-9-7-6-8-10-16/h4,6-10,15H,1,5,11-14H2,2-3H3/t15-,17-/m0/s1. The Bertz CT molecular complexity index is 384. The summed E-state index contributed by atoms with van der Waals surface area (Å²) in [6, 6.07) is 11.1. The van der Waals surface area contributed by atoms with Gasteiger partial charge in [-0.05, 0) is 30.9 Å². The molecule has 0 N–H and O–H groups in total. The number of hydrogen-bond donors (Lipinski definition) is 0. The molecule has 1 heterocycles. The van der Waals surface area contributed by atoms with E-state index in [9.17, 15) is 0 Å². The van der Waals surface area contributed by atoms with Gasteiger partial charge in [0.1, 0.15) is 0 Å². The van der Waals surface area contributed by atoms with E-state index >= 15 is 0 Å². The van der Waals surface area contributed by atoms with E-state index in [1.165, 1.54) is 31.5 Å². The van der Waals surface area contributed by atoms with Gasteiger partial charge in [0.05, 0.1) is 0 Å². The van der Waals surface area contributed by atoms with E-state index in [4.69, 9.17) is 0 Å². The summed E-state index contributed by atoms with van der Waals surface area (Å²) in [5, 5.41) is 0. The fourth-order valence-electron chi connectivity index (χ4n) is 3.53. The molecule has 1 nitrogen and oxygen atoms in total. The predicted molar refractivity (Wildman–Crippen MR) is 78.8 cm³/mol. The Morgan fingerprint density at radius 3 is 2.67 bits per heavy atom. The lowest BCUT2D eigenvalue weighted by Gasteiger charge is -2.47. The molecule has 0 unspecified atom stereocenters. The molecule has 1 aliphatic heterocycles. The largest absolute Gasteiger partial charge is 0.299 e. The molecule has 1 saturated heterocycles. The second-order valence-electron chi connectivity index (χ2n) is 5.58. The van der Waals surface area contributed by atoms with Gasteiger partial charge in [-0.1, -0.05) is 50.3 Å². The summed E-state index contributed by atoms with van der Waals surface area (Å²) in [7, 11) is 0. The summed E-state index contributed by atoms with van der Waals surface area (Å²) in [6.45, 7) is 12.0. The van der Waals surface area contributed by atoms with Crippen molar-refractivity contribution in [2.24, 2.45) is 5.92 Å². The van der Waals surface area contributed by atoms with Crippen LogP contribution in [0, 0.1) is 5.92 Å². The minimum atomic E-state index is 0.374. The molecule has 1 fully saturated rings. The topological polar surface area (TPSA) is 3.24 Å². The van der Waals surface area contributed by atoms with Crippen molar-refractivity contribution in [3.63, 3.8) is 0 Å². The quantitative estimate of drug-likeness (QED) is 0.726. The molecular formula is C17H25N. The molecule has 2 atom stereocenters. The maximum absolute atomic E-state index is 3.85. The van der Waals surface area contributed by atoms with Gasteiger partial charge in [0, 0.05) is 18.5 Å². The fourth-order valence-corrected chi connectivity index (χ4v) is 3.53. The molecule has 98 valence electrons. The SMILES string of the molecule is C=CCN1CC[C@](CC)(c2ccccc2)[C@@H](C)C1. The highest BCUT2D eigenvalue weighted by Crippen LogP contribution is 2.42. The van der Waals surface area contributed by atoms with Crippen molar-refractivity contribution < 1.29 is 0 Å². The molecule has 2 rings (SSSR count). The first kappa shape index (κ1) is 13.4. The fraction of sp³-hybridized carbons (Fsp3) is 0.529. The third-order valence-electron chi connectivity index (χ3n) is 4.72. The van der Waals surface area contributed by atoms with Gasteiger partial charge >= 0.3 is 0 Å². The Morgan fingerprint density at radius 2 is 2.11 bits per heavy atom. The van der Waals surface area contributed by atoms with Crippen LogP contribution in [-0.4, -0.2) is 24.5 Å². The predicted octanol–water partition coefficient (Wildman–Crippen LogP) is 3.86. The smallest absolute Gasteiger partial charge is 0.0160 e. The summed E-state index contributed by atoms with van der Waals surface area (Å²) >= 11 is 0. The van der Waals surface area contributed by atoms with E-state index < -0.39 is 0 Å². The van der Waals surface area contributed by atoms with Crippen molar-refractivity contribution in [2.45, 2.75) is 32.1 Å². The van der Waals surface area contributed by atoms with Crippen LogP contribution in [0.25, 0.3) is 0 Å². The summed E-state index contributed by atoms with van der Waals surface area (Å²) in [4.78, 5) is 2.52. The normalized spacial score (nSPS) is 29.1. The molecule has 0 spiro atoms. The van der Waals surface area contributed by atoms with Crippen LogP contribution < -0.4 is 0 Å². The van der Waals surface area contributed by atoms with E-state index in [-0.39, 0.29) is 0 Å². The third-order valence-corrected chi connectivity index (χ3v) is 4.72. The molecule has 0 radical (unpaired) electrons. The zero-order valence-electron chi connectivity index (χ0n) is 11.7. The first-order chi connectivity index (χ1) is 8.73. The van der Waals surface area contributed by atoms with Crippen molar-refractivity contribution in [2.75, 3.05) is 19.6 Å². The van der Waals surface area contributed by atoms with Gasteiger partial charge in [0.25, 0.3) is 0 Å². The van der Waals surface area contributed by atoms with Gasteiger partial charge in [-0.25, -0.2) is 0 Å². The van der Waals surface area contributed by atoms with Gasteiger partial charge in [0.2, 0.25) is 0 Å². The van der Waals surface area contributed by atoms with Crippen LogP contribution in [0.4, 0.5) is 0 Å². The Morgan fingerprint density at radius 1 is 1.39 bits per heavy atom. The number of piperidine rings is 1. The Labute approximate surface area is 112 Å². The lowest BCUT2D eigenvalue weighted by molar-refractivity contribution is 0.106. The Kier molecular flexibility index (Phi) is 4.23. The van der Waals surface area contributed by atoms with Gasteiger partial charge in [-0.15, -0.1) is 6.58 Å². The zero-order chi connectivity index (χ0) is 13.0. The Hall–Kier alpha value is -1.08. The number of nitrogens with zero attached hydrogens (tertiary/aromatic N) is 1. The van der Waals surface area contributed by atoms with E-state index in [1.54, 1.807) is 0 Å².